The third-order valence-electron chi connectivity index (χ3n) is 3.03. The molecule has 0 saturated carbocycles. The van der Waals surface area contributed by atoms with Gasteiger partial charge in [0.05, 0.1) is 0 Å². The molecule has 2 N–H and O–H groups in total. The molecular formula is C14H18N4S2. The highest BCUT2D eigenvalue weighted by Crippen LogP contribution is 2.28. The number of thiocarbonyl (C=S) groups is 1. The van der Waals surface area contributed by atoms with Crippen LogP contribution in [0.2, 0.25) is 0 Å². The van der Waals surface area contributed by atoms with Crippen molar-refractivity contribution in [3.05, 3.63) is 35.3 Å². The number of hydrogen-bond donors (Lipinski definition) is 2. The molecule has 0 amide bonds. The number of rotatable bonds is 5. The van der Waals surface area contributed by atoms with Crippen molar-refractivity contribution in [2.45, 2.75) is 32.6 Å². The van der Waals surface area contributed by atoms with Gasteiger partial charge in [0.2, 0.25) is 5.13 Å². The predicted octanol–water partition coefficient (Wildman–Crippen LogP) is 4.25. The highest BCUT2D eigenvalue weighted by Gasteiger charge is 2.13. The van der Waals surface area contributed by atoms with E-state index in [9.17, 15) is 0 Å². The Kier molecular flexibility index (Phi) is 5.43. The largest absolute Gasteiger partial charge is 0.332 e. The minimum atomic E-state index is 0.485. The molecule has 1 aromatic carbocycles. The van der Waals surface area contributed by atoms with E-state index in [1.165, 1.54) is 0 Å². The Morgan fingerprint density at radius 3 is 2.50 bits per heavy atom. The van der Waals surface area contributed by atoms with Gasteiger partial charge in [0, 0.05) is 11.6 Å². The van der Waals surface area contributed by atoms with Crippen LogP contribution in [0.5, 0.6) is 0 Å². The molecule has 0 spiro atoms. The van der Waals surface area contributed by atoms with Crippen LogP contribution < -0.4 is 10.6 Å². The second kappa shape index (κ2) is 7.31. The molecule has 0 aliphatic rings. The molecule has 1 heterocycles. The number of para-hydroxylation sites is 1. The van der Waals surface area contributed by atoms with E-state index >= 15 is 0 Å². The van der Waals surface area contributed by atoms with E-state index in [0.29, 0.717) is 11.0 Å². The zero-order valence-electron chi connectivity index (χ0n) is 11.6. The Hall–Kier alpha value is -1.53. The normalized spacial score (nSPS) is 10.6. The lowest BCUT2D eigenvalue weighted by Gasteiger charge is -2.08. The fraction of sp³-hybridized carbons (Fsp3) is 0.357. The Balaban J connectivity index is 1.95. The van der Waals surface area contributed by atoms with Crippen molar-refractivity contribution in [3.63, 3.8) is 0 Å². The molecule has 2 rings (SSSR count). The lowest BCUT2D eigenvalue weighted by atomic mass is 10.1. The van der Waals surface area contributed by atoms with Gasteiger partial charge in [-0.3, -0.25) is 0 Å². The first-order valence-electron chi connectivity index (χ1n) is 6.69. The van der Waals surface area contributed by atoms with E-state index in [2.05, 4.69) is 34.7 Å². The van der Waals surface area contributed by atoms with Gasteiger partial charge in [-0.15, -0.1) is 10.2 Å². The monoisotopic (exact) mass is 306 g/mol. The molecule has 0 saturated heterocycles. The topological polar surface area (TPSA) is 49.8 Å². The molecule has 20 heavy (non-hydrogen) atoms. The molecule has 0 radical (unpaired) electrons. The van der Waals surface area contributed by atoms with E-state index in [0.717, 1.165) is 28.7 Å². The van der Waals surface area contributed by atoms with Crippen molar-refractivity contribution in [3.8, 4) is 0 Å². The van der Waals surface area contributed by atoms with Crippen LogP contribution in [0.3, 0.4) is 0 Å². The summed E-state index contributed by atoms with van der Waals surface area (Å²) in [5.41, 5.74) is 0.953. The van der Waals surface area contributed by atoms with Crippen molar-refractivity contribution in [1.82, 2.24) is 10.2 Å². The number of hydrogen-bond acceptors (Lipinski definition) is 4. The maximum Gasteiger partial charge on any atom is 0.211 e. The van der Waals surface area contributed by atoms with Gasteiger partial charge in [0.25, 0.3) is 0 Å². The van der Waals surface area contributed by atoms with Crippen LogP contribution in [0, 0.1) is 0 Å². The molecule has 106 valence electrons. The van der Waals surface area contributed by atoms with Crippen molar-refractivity contribution < 1.29 is 0 Å². The van der Waals surface area contributed by atoms with E-state index in [4.69, 9.17) is 12.2 Å². The number of nitrogens with one attached hydrogen (secondary N) is 2. The average molecular weight is 306 g/mol. The van der Waals surface area contributed by atoms with Gasteiger partial charge < -0.3 is 10.6 Å². The summed E-state index contributed by atoms with van der Waals surface area (Å²) >= 11 is 6.83. The molecule has 1 aromatic heterocycles. The SMILES string of the molecule is CCC(CC)c1nnc(NC(=S)Nc2ccccc2)s1. The summed E-state index contributed by atoms with van der Waals surface area (Å²) in [5.74, 6) is 0.485. The lowest BCUT2D eigenvalue weighted by molar-refractivity contribution is 0.630. The Morgan fingerprint density at radius 2 is 1.85 bits per heavy atom. The minimum absolute atomic E-state index is 0.485. The van der Waals surface area contributed by atoms with Gasteiger partial charge in [-0.05, 0) is 37.2 Å². The quantitative estimate of drug-likeness (QED) is 0.809. The third-order valence-corrected chi connectivity index (χ3v) is 4.23. The Labute approximate surface area is 128 Å². The van der Waals surface area contributed by atoms with Crippen LogP contribution in [0.4, 0.5) is 10.8 Å². The van der Waals surface area contributed by atoms with E-state index < -0.39 is 0 Å². The third kappa shape index (κ3) is 3.98. The highest BCUT2D eigenvalue weighted by molar-refractivity contribution is 7.80. The first-order chi connectivity index (χ1) is 9.72. The summed E-state index contributed by atoms with van der Waals surface area (Å²) in [6.45, 7) is 4.34. The summed E-state index contributed by atoms with van der Waals surface area (Å²) in [6.07, 6.45) is 2.16. The van der Waals surface area contributed by atoms with Crippen molar-refractivity contribution >= 4 is 39.5 Å². The van der Waals surface area contributed by atoms with Crippen molar-refractivity contribution in [2.24, 2.45) is 0 Å². The zero-order chi connectivity index (χ0) is 14.4. The fourth-order valence-electron chi connectivity index (χ4n) is 1.87. The summed E-state index contributed by atoms with van der Waals surface area (Å²) in [4.78, 5) is 0. The van der Waals surface area contributed by atoms with E-state index in [-0.39, 0.29) is 0 Å². The molecule has 0 aliphatic carbocycles. The van der Waals surface area contributed by atoms with Gasteiger partial charge in [-0.25, -0.2) is 0 Å². The van der Waals surface area contributed by atoms with Gasteiger partial charge in [-0.1, -0.05) is 43.4 Å². The van der Waals surface area contributed by atoms with Crippen molar-refractivity contribution in [1.29, 1.82) is 0 Å². The minimum Gasteiger partial charge on any atom is -0.332 e. The first kappa shape index (κ1) is 14.9. The van der Waals surface area contributed by atoms with Crippen molar-refractivity contribution in [2.75, 3.05) is 10.6 Å². The van der Waals surface area contributed by atoms with E-state index in [1.54, 1.807) is 11.3 Å². The predicted molar refractivity (Wildman–Crippen MR) is 89.5 cm³/mol. The smallest absolute Gasteiger partial charge is 0.211 e. The summed E-state index contributed by atoms with van der Waals surface area (Å²) in [5, 5.41) is 16.9. The van der Waals surface area contributed by atoms with Crippen LogP contribution >= 0.6 is 23.6 Å². The Morgan fingerprint density at radius 1 is 1.15 bits per heavy atom. The second-order valence-corrected chi connectivity index (χ2v) is 5.82. The van der Waals surface area contributed by atoms with Gasteiger partial charge in [0.15, 0.2) is 5.11 Å². The number of benzene rings is 1. The molecular weight excluding hydrogens is 288 g/mol. The maximum absolute atomic E-state index is 5.27. The summed E-state index contributed by atoms with van der Waals surface area (Å²) in [6, 6.07) is 9.81. The van der Waals surface area contributed by atoms with Crippen LogP contribution in [0.25, 0.3) is 0 Å². The molecule has 0 atom stereocenters. The highest BCUT2D eigenvalue weighted by atomic mass is 32.1. The maximum atomic E-state index is 5.27. The molecule has 0 unspecified atom stereocenters. The molecule has 6 heteroatoms. The van der Waals surface area contributed by atoms with Crippen LogP contribution in [0.15, 0.2) is 30.3 Å². The Bertz CT molecular complexity index is 549. The molecule has 0 fully saturated rings. The second-order valence-electron chi connectivity index (χ2n) is 4.40. The first-order valence-corrected chi connectivity index (χ1v) is 7.91. The number of nitrogens with zero attached hydrogens (tertiary/aromatic N) is 2. The number of aromatic nitrogens is 2. The van der Waals surface area contributed by atoms with Crippen LogP contribution in [-0.4, -0.2) is 15.3 Å². The molecule has 4 nitrogen and oxygen atoms in total. The lowest BCUT2D eigenvalue weighted by Crippen LogP contribution is -2.18. The van der Waals surface area contributed by atoms with E-state index in [1.807, 2.05) is 30.3 Å². The van der Waals surface area contributed by atoms with Gasteiger partial charge in [-0.2, -0.15) is 0 Å². The zero-order valence-corrected chi connectivity index (χ0v) is 13.2. The number of anilines is 2. The van der Waals surface area contributed by atoms with Crippen LogP contribution in [0.1, 0.15) is 37.6 Å². The molecule has 2 aromatic rings. The van der Waals surface area contributed by atoms with Gasteiger partial charge >= 0.3 is 0 Å². The molecule has 0 aliphatic heterocycles. The fourth-order valence-corrected chi connectivity index (χ4v) is 3.16. The average Bonchev–Trinajstić information content (AvgIpc) is 2.89. The van der Waals surface area contributed by atoms with Gasteiger partial charge in [0.1, 0.15) is 5.01 Å². The summed E-state index contributed by atoms with van der Waals surface area (Å²) < 4.78 is 0. The standard InChI is InChI=1S/C14H18N4S2/c1-3-10(4-2)12-17-18-14(20-12)16-13(19)15-11-8-6-5-7-9-11/h5-10H,3-4H2,1-2H3,(H2,15,16,18,19). The van der Waals surface area contributed by atoms with Crippen LogP contribution in [-0.2, 0) is 0 Å². The summed E-state index contributed by atoms with van der Waals surface area (Å²) in [7, 11) is 0. The molecule has 0 bridgehead atoms.